The van der Waals surface area contributed by atoms with E-state index in [9.17, 15) is 4.39 Å². The molecule has 3 nitrogen and oxygen atoms in total. The molecule has 1 aromatic heterocycles. The van der Waals surface area contributed by atoms with E-state index in [0.29, 0.717) is 11.7 Å². The third kappa shape index (κ3) is 2.62. The molecule has 0 bridgehead atoms. The fourth-order valence-corrected chi connectivity index (χ4v) is 2.15. The van der Waals surface area contributed by atoms with Crippen molar-refractivity contribution in [3.8, 4) is 0 Å². The minimum Gasteiger partial charge on any atom is -0.352 e. The summed E-state index contributed by atoms with van der Waals surface area (Å²) in [6.45, 7) is 4.36. The molecule has 0 saturated carbocycles. The van der Waals surface area contributed by atoms with Crippen molar-refractivity contribution in [2.24, 2.45) is 0 Å². The molecule has 5 heteroatoms. The molecule has 16 heavy (non-hydrogen) atoms. The fraction of sp³-hybridized carbons (Fsp3) is 0.545. The Balaban J connectivity index is 1.96. The summed E-state index contributed by atoms with van der Waals surface area (Å²) in [5.74, 6) is 0.874. The second-order valence-corrected chi connectivity index (χ2v) is 4.20. The highest BCUT2D eigenvalue weighted by molar-refractivity contribution is 6.18. The van der Waals surface area contributed by atoms with Gasteiger partial charge in [0.2, 0.25) is 0 Å². The number of halogens is 2. The predicted molar refractivity (Wildman–Crippen MR) is 63.6 cm³/mol. The summed E-state index contributed by atoms with van der Waals surface area (Å²) in [6.07, 6.45) is 1.63. The fourth-order valence-electron chi connectivity index (χ4n) is 1.91. The molecule has 2 rings (SSSR count). The Bertz CT molecular complexity index is 340. The normalized spacial score (nSPS) is 17.8. The number of rotatable bonds is 3. The molecule has 0 N–H and O–H groups in total. The van der Waals surface area contributed by atoms with Crippen LogP contribution in [0.1, 0.15) is 0 Å². The van der Waals surface area contributed by atoms with E-state index in [1.54, 1.807) is 12.3 Å². The largest absolute Gasteiger partial charge is 0.352 e. The van der Waals surface area contributed by atoms with Crippen molar-refractivity contribution in [3.63, 3.8) is 0 Å². The first kappa shape index (κ1) is 11.6. The second kappa shape index (κ2) is 5.46. The summed E-state index contributed by atoms with van der Waals surface area (Å²) in [5, 5.41) is 0. The molecule has 1 aromatic rings. The van der Waals surface area contributed by atoms with Crippen molar-refractivity contribution < 1.29 is 4.39 Å². The summed E-state index contributed by atoms with van der Waals surface area (Å²) in [5.41, 5.74) is 0. The Morgan fingerprint density at radius 3 is 2.69 bits per heavy atom. The molecule has 0 atom stereocenters. The molecule has 1 fully saturated rings. The number of anilines is 1. The van der Waals surface area contributed by atoms with Crippen LogP contribution in [0, 0.1) is 5.82 Å². The molecular formula is C11H15ClFN3. The lowest BCUT2D eigenvalue weighted by molar-refractivity contribution is 0.271. The highest BCUT2D eigenvalue weighted by Gasteiger charge is 2.19. The topological polar surface area (TPSA) is 19.4 Å². The van der Waals surface area contributed by atoms with Gasteiger partial charge in [-0.25, -0.2) is 9.37 Å². The monoisotopic (exact) mass is 243 g/mol. The zero-order valence-corrected chi connectivity index (χ0v) is 9.83. The molecule has 2 heterocycles. The van der Waals surface area contributed by atoms with Gasteiger partial charge in [0, 0.05) is 44.8 Å². The highest BCUT2D eigenvalue weighted by atomic mass is 35.5. The van der Waals surface area contributed by atoms with Gasteiger partial charge in [-0.2, -0.15) is 0 Å². The molecule has 0 amide bonds. The van der Waals surface area contributed by atoms with Crippen LogP contribution >= 0.6 is 11.6 Å². The third-order valence-electron chi connectivity index (χ3n) is 2.81. The van der Waals surface area contributed by atoms with Crippen LogP contribution in [-0.2, 0) is 0 Å². The average molecular weight is 244 g/mol. The first-order valence-electron chi connectivity index (χ1n) is 5.45. The summed E-state index contributed by atoms with van der Waals surface area (Å²) in [7, 11) is 0. The van der Waals surface area contributed by atoms with Crippen LogP contribution < -0.4 is 4.90 Å². The quantitative estimate of drug-likeness (QED) is 0.752. The number of nitrogens with zero attached hydrogens (tertiary/aromatic N) is 3. The Kier molecular flexibility index (Phi) is 3.96. The summed E-state index contributed by atoms with van der Waals surface area (Å²) in [4.78, 5) is 8.35. The van der Waals surface area contributed by atoms with E-state index in [2.05, 4.69) is 9.88 Å². The molecule has 0 radical (unpaired) electrons. The number of alkyl halides is 1. The highest BCUT2D eigenvalue weighted by Crippen LogP contribution is 2.16. The minimum atomic E-state index is -0.242. The zero-order chi connectivity index (χ0) is 11.4. The zero-order valence-electron chi connectivity index (χ0n) is 9.07. The van der Waals surface area contributed by atoms with Gasteiger partial charge >= 0.3 is 0 Å². The lowest BCUT2D eigenvalue weighted by Gasteiger charge is -2.35. The van der Waals surface area contributed by atoms with Gasteiger partial charge in [0.15, 0.2) is 11.6 Å². The molecule has 1 aliphatic rings. The minimum absolute atomic E-state index is 0.242. The van der Waals surface area contributed by atoms with E-state index < -0.39 is 0 Å². The Hall–Kier alpha value is -0.870. The van der Waals surface area contributed by atoms with E-state index in [1.165, 1.54) is 6.07 Å². The third-order valence-corrected chi connectivity index (χ3v) is 2.98. The average Bonchev–Trinajstić information content (AvgIpc) is 2.31. The van der Waals surface area contributed by atoms with Crippen molar-refractivity contribution in [1.82, 2.24) is 9.88 Å². The van der Waals surface area contributed by atoms with Crippen LogP contribution in [0.15, 0.2) is 18.3 Å². The van der Waals surface area contributed by atoms with Gasteiger partial charge in [-0.3, -0.25) is 4.90 Å². The Labute approximate surface area is 99.8 Å². The summed E-state index contributed by atoms with van der Waals surface area (Å²) < 4.78 is 13.5. The Morgan fingerprint density at radius 1 is 1.31 bits per heavy atom. The molecule has 1 saturated heterocycles. The number of piperazine rings is 1. The Morgan fingerprint density at radius 2 is 2.06 bits per heavy atom. The molecule has 1 aliphatic heterocycles. The standard InChI is InChI=1S/C11H15ClFN3/c12-3-5-15-6-8-16(9-7-15)11-10(13)2-1-4-14-11/h1-2,4H,3,5-9H2. The van der Waals surface area contributed by atoms with Crippen molar-refractivity contribution in [2.75, 3.05) is 43.5 Å². The van der Waals surface area contributed by atoms with Gasteiger partial charge in [-0.15, -0.1) is 11.6 Å². The van der Waals surface area contributed by atoms with Crippen LogP contribution in [0.25, 0.3) is 0 Å². The van der Waals surface area contributed by atoms with Gasteiger partial charge in [-0.1, -0.05) is 0 Å². The van der Waals surface area contributed by atoms with Crippen LogP contribution in [-0.4, -0.2) is 48.5 Å². The molecule has 0 unspecified atom stereocenters. The molecule has 0 spiro atoms. The summed E-state index contributed by atoms with van der Waals surface area (Å²) in [6, 6.07) is 3.07. The maximum absolute atomic E-state index is 13.5. The number of aromatic nitrogens is 1. The SMILES string of the molecule is Fc1cccnc1N1CCN(CCCl)CC1. The van der Waals surface area contributed by atoms with E-state index in [0.717, 1.165) is 32.7 Å². The number of pyridine rings is 1. The molecular weight excluding hydrogens is 229 g/mol. The van der Waals surface area contributed by atoms with Crippen molar-refractivity contribution in [1.29, 1.82) is 0 Å². The smallest absolute Gasteiger partial charge is 0.165 e. The maximum Gasteiger partial charge on any atom is 0.165 e. The predicted octanol–water partition coefficient (Wildman–Crippen LogP) is 1.58. The maximum atomic E-state index is 13.5. The van der Waals surface area contributed by atoms with E-state index >= 15 is 0 Å². The van der Waals surface area contributed by atoms with Crippen LogP contribution in [0.2, 0.25) is 0 Å². The van der Waals surface area contributed by atoms with Crippen molar-refractivity contribution >= 4 is 17.4 Å². The van der Waals surface area contributed by atoms with E-state index in [1.807, 2.05) is 4.90 Å². The molecule has 0 aromatic carbocycles. The first-order valence-corrected chi connectivity index (χ1v) is 5.98. The van der Waals surface area contributed by atoms with Gasteiger partial charge < -0.3 is 4.90 Å². The van der Waals surface area contributed by atoms with E-state index in [-0.39, 0.29) is 5.82 Å². The van der Waals surface area contributed by atoms with Crippen molar-refractivity contribution in [2.45, 2.75) is 0 Å². The lowest BCUT2D eigenvalue weighted by Crippen LogP contribution is -2.47. The summed E-state index contributed by atoms with van der Waals surface area (Å²) >= 11 is 5.69. The van der Waals surface area contributed by atoms with Gasteiger partial charge in [0.05, 0.1) is 0 Å². The van der Waals surface area contributed by atoms with Gasteiger partial charge in [0.25, 0.3) is 0 Å². The van der Waals surface area contributed by atoms with Crippen LogP contribution in [0.4, 0.5) is 10.2 Å². The van der Waals surface area contributed by atoms with Crippen molar-refractivity contribution in [3.05, 3.63) is 24.1 Å². The molecule has 0 aliphatic carbocycles. The molecule has 88 valence electrons. The first-order chi connectivity index (χ1) is 7.81. The van der Waals surface area contributed by atoms with Crippen LogP contribution in [0.5, 0.6) is 0 Å². The lowest BCUT2D eigenvalue weighted by atomic mass is 10.3. The van der Waals surface area contributed by atoms with Crippen LogP contribution in [0.3, 0.4) is 0 Å². The number of hydrogen-bond acceptors (Lipinski definition) is 3. The second-order valence-electron chi connectivity index (χ2n) is 3.83. The number of hydrogen-bond donors (Lipinski definition) is 0. The van der Waals surface area contributed by atoms with Gasteiger partial charge in [-0.05, 0) is 12.1 Å². The van der Waals surface area contributed by atoms with Gasteiger partial charge in [0.1, 0.15) is 0 Å². The van der Waals surface area contributed by atoms with E-state index in [4.69, 9.17) is 11.6 Å².